The summed E-state index contributed by atoms with van der Waals surface area (Å²) in [5.74, 6) is 1.68. The maximum Gasteiger partial charge on any atom is 0.422 e. The van der Waals surface area contributed by atoms with Gasteiger partial charge in [-0.2, -0.15) is 13.2 Å². The van der Waals surface area contributed by atoms with Gasteiger partial charge in [0.15, 0.2) is 18.1 Å². The van der Waals surface area contributed by atoms with Crippen molar-refractivity contribution in [3.63, 3.8) is 0 Å². The number of hydrogen-bond donors (Lipinski definition) is 1. The van der Waals surface area contributed by atoms with Crippen LogP contribution in [0.25, 0.3) is 0 Å². The summed E-state index contributed by atoms with van der Waals surface area (Å²) < 4.78 is 57.4. The number of rotatable bonds is 6. The maximum absolute atomic E-state index is 12.1. The molecule has 2 heterocycles. The molecule has 2 aromatic rings. The Morgan fingerprint density at radius 2 is 2.00 bits per heavy atom. The highest BCUT2D eigenvalue weighted by Crippen LogP contribution is 2.40. The van der Waals surface area contributed by atoms with Gasteiger partial charge in [-0.3, -0.25) is 0 Å². The minimum atomic E-state index is -4.39. The van der Waals surface area contributed by atoms with Crippen molar-refractivity contribution in [3.05, 3.63) is 36.0 Å². The van der Waals surface area contributed by atoms with E-state index in [1.807, 2.05) is 12.1 Å². The minimum absolute atomic E-state index is 0.0890. The maximum atomic E-state index is 12.1. The van der Waals surface area contributed by atoms with Crippen LogP contribution in [-0.2, 0) is 6.54 Å². The quantitative estimate of drug-likeness (QED) is 0.841. The molecular formula is C17H17F3N2O4. The number of aromatic nitrogens is 1. The summed E-state index contributed by atoms with van der Waals surface area (Å²) in [4.78, 5) is 3.84. The van der Waals surface area contributed by atoms with Crippen molar-refractivity contribution >= 4 is 5.69 Å². The Balaban J connectivity index is 1.62. The van der Waals surface area contributed by atoms with Crippen molar-refractivity contribution in [2.75, 3.05) is 32.2 Å². The molecule has 0 radical (unpaired) electrons. The van der Waals surface area contributed by atoms with Crippen molar-refractivity contribution < 1.29 is 32.1 Å². The van der Waals surface area contributed by atoms with Gasteiger partial charge in [0.05, 0.1) is 19.0 Å². The van der Waals surface area contributed by atoms with Crippen LogP contribution >= 0.6 is 0 Å². The summed E-state index contributed by atoms with van der Waals surface area (Å²) in [6.07, 6.45) is -2.99. The van der Waals surface area contributed by atoms with Crippen molar-refractivity contribution in [2.45, 2.75) is 12.7 Å². The average molecular weight is 370 g/mol. The van der Waals surface area contributed by atoms with Gasteiger partial charge in [0.1, 0.15) is 13.2 Å². The molecule has 26 heavy (non-hydrogen) atoms. The molecule has 0 bridgehead atoms. The normalized spacial score (nSPS) is 13.2. The van der Waals surface area contributed by atoms with Crippen LogP contribution in [0, 0.1) is 0 Å². The van der Waals surface area contributed by atoms with E-state index in [1.54, 1.807) is 13.2 Å². The van der Waals surface area contributed by atoms with Crippen LogP contribution in [-0.4, -0.2) is 38.1 Å². The predicted octanol–water partition coefficient (Wildman–Crippen LogP) is 3.41. The number of benzene rings is 1. The summed E-state index contributed by atoms with van der Waals surface area (Å²) >= 11 is 0. The second kappa shape index (κ2) is 7.59. The third-order valence-corrected chi connectivity index (χ3v) is 3.50. The molecule has 0 fully saturated rings. The van der Waals surface area contributed by atoms with E-state index in [-0.39, 0.29) is 5.88 Å². The van der Waals surface area contributed by atoms with E-state index in [1.165, 1.54) is 12.3 Å². The zero-order valence-corrected chi connectivity index (χ0v) is 13.9. The number of anilines is 1. The third kappa shape index (κ3) is 4.62. The first-order valence-corrected chi connectivity index (χ1v) is 7.80. The summed E-state index contributed by atoms with van der Waals surface area (Å²) in [6.45, 7) is 0.00687. The first-order valence-electron chi connectivity index (χ1n) is 7.80. The molecule has 0 saturated heterocycles. The van der Waals surface area contributed by atoms with Gasteiger partial charge in [-0.25, -0.2) is 4.98 Å². The van der Waals surface area contributed by atoms with Crippen molar-refractivity contribution in [1.82, 2.24) is 4.98 Å². The van der Waals surface area contributed by atoms with Crippen molar-refractivity contribution in [1.29, 1.82) is 0 Å². The van der Waals surface area contributed by atoms with Gasteiger partial charge in [0.25, 0.3) is 0 Å². The molecule has 6 nitrogen and oxygen atoms in total. The van der Waals surface area contributed by atoms with E-state index in [4.69, 9.17) is 14.2 Å². The highest BCUT2D eigenvalue weighted by atomic mass is 19.4. The number of halogens is 3. The second-order valence-electron chi connectivity index (χ2n) is 5.46. The van der Waals surface area contributed by atoms with Gasteiger partial charge in [-0.15, -0.1) is 0 Å². The monoisotopic (exact) mass is 370 g/mol. The molecule has 1 aromatic heterocycles. The van der Waals surface area contributed by atoms with Crippen molar-refractivity contribution in [3.8, 4) is 23.1 Å². The second-order valence-corrected chi connectivity index (χ2v) is 5.46. The van der Waals surface area contributed by atoms with Gasteiger partial charge in [0, 0.05) is 12.6 Å². The number of hydrogen-bond acceptors (Lipinski definition) is 6. The Labute approximate surface area is 147 Å². The molecule has 140 valence electrons. The number of ether oxygens (including phenoxy) is 4. The first-order chi connectivity index (χ1) is 12.4. The number of nitrogens with one attached hydrogen (secondary N) is 1. The van der Waals surface area contributed by atoms with Crippen LogP contribution in [0.5, 0.6) is 23.1 Å². The third-order valence-electron chi connectivity index (χ3n) is 3.50. The van der Waals surface area contributed by atoms with Crippen LogP contribution < -0.4 is 24.3 Å². The number of nitrogens with zero attached hydrogens (tertiary/aromatic N) is 1. The van der Waals surface area contributed by atoms with E-state index >= 15 is 0 Å². The Morgan fingerprint density at radius 1 is 1.19 bits per heavy atom. The molecule has 1 aliphatic rings. The molecule has 0 aliphatic carbocycles. The molecule has 9 heteroatoms. The molecule has 1 N–H and O–H groups in total. The van der Waals surface area contributed by atoms with E-state index in [0.717, 1.165) is 5.56 Å². The molecular weight excluding hydrogens is 353 g/mol. The van der Waals surface area contributed by atoms with Gasteiger partial charge in [-0.1, -0.05) is 0 Å². The van der Waals surface area contributed by atoms with Crippen LogP contribution in [0.1, 0.15) is 5.56 Å². The summed E-state index contributed by atoms with van der Waals surface area (Å²) in [5.41, 5.74) is 1.53. The Bertz CT molecular complexity index is 734. The lowest BCUT2D eigenvalue weighted by Gasteiger charge is -2.21. The van der Waals surface area contributed by atoms with Gasteiger partial charge >= 0.3 is 6.18 Å². The minimum Gasteiger partial charge on any atom is -0.493 e. The Kier molecular flexibility index (Phi) is 5.24. The van der Waals surface area contributed by atoms with Crippen molar-refractivity contribution in [2.24, 2.45) is 0 Å². The lowest BCUT2D eigenvalue weighted by Crippen LogP contribution is -2.19. The largest absolute Gasteiger partial charge is 0.493 e. The summed E-state index contributed by atoms with van der Waals surface area (Å²) in [7, 11) is 1.55. The molecule has 0 saturated carbocycles. The molecule has 1 aliphatic heterocycles. The lowest BCUT2D eigenvalue weighted by atomic mass is 10.1. The standard InChI is InChI=1S/C17H17F3N2O4/c1-23-13-6-11(7-14-16(13)25-5-4-24-14)8-21-12-2-3-15(22-9-12)26-10-17(18,19)20/h2-3,6-7,9,21H,4-5,8,10H2,1H3. The number of methoxy groups -OCH3 is 1. The van der Waals surface area contributed by atoms with Crippen LogP contribution in [0.4, 0.5) is 18.9 Å². The Morgan fingerprint density at radius 3 is 2.69 bits per heavy atom. The topological polar surface area (TPSA) is 61.8 Å². The van der Waals surface area contributed by atoms with E-state index in [2.05, 4.69) is 15.0 Å². The average Bonchev–Trinajstić information content (AvgIpc) is 2.64. The Hall–Kier alpha value is -2.84. The molecule has 3 rings (SSSR count). The fourth-order valence-electron chi connectivity index (χ4n) is 2.36. The lowest BCUT2D eigenvalue weighted by molar-refractivity contribution is -0.154. The fraction of sp³-hybridized carbons (Fsp3) is 0.353. The van der Waals surface area contributed by atoms with Gasteiger partial charge in [0.2, 0.25) is 11.6 Å². The number of fused-ring (bicyclic) bond motifs is 1. The zero-order valence-electron chi connectivity index (χ0n) is 13.9. The molecule has 1 aromatic carbocycles. The molecule has 0 spiro atoms. The summed E-state index contributed by atoms with van der Waals surface area (Å²) in [5, 5.41) is 3.13. The van der Waals surface area contributed by atoms with E-state index in [0.29, 0.717) is 42.7 Å². The highest BCUT2D eigenvalue weighted by molar-refractivity contribution is 5.55. The van der Waals surface area contributed by atoms with E-state index < -0.39 is 12.8 Å². The SMILES string of the molecule is COc1cc(CNc2ccc(OCC(F)(F)F)nc2)cc2c1OCCO2. The van der Waals surface area contributed by atoms with Crippen LogP contribution in [0.15, 0.2) is 30.5 Å². The molecule has 0 unspecified atom stereocenters. The summed E-state index contributed by atoms with van der Waals surface area (Å²) in [6, 6.07) is 6.64. The van der Waals surface area contributed by atoms with Gasteiger partial charge in [-0.05, 0) is 23.8 Å². The van der Waals surface area contributed by atoms with Crippen LogP contribution in [0.2, 0.25) is 0 Å². The molecule has 0 atom stereocenters. The first kappa shape index (κ1) is 18.0. The van der Waals surface area contributed by atoms with Crippen LogP contribution in [0.3, 0.4) is 0 Å². The smallest absolute Gasteiger partial charge is 0.422 e. The van der Waals surface area contributed by atoms with E-state index in [9.17, 15) is 13.2 Å². The van der Waals surface area contributed by atoms with Gasteiger partial charge < -0.3 is 24.3 Å². The predicted molar refractivity (Wildman–Crippen MR) is 87.1 cm³/mol. The highest BCUT2D eigenvalue weighted by Gasteiger charge is 2.28. The zero-order chi connectivity index (χ0) is 18.6. The fourth-order valence-corrected chi connectivity index (χ4v) is 2.36. The molecule has 0 amide bonds. The number of pyridine rings is 1. The number of alkyl halides is 3.